The molecule has 2 fully saturated rings. The van der Waals surface area contributed by atoms with Crippen LogP contribution in [0, 0.1) is 0 Å². The van der Waals surface area contributed by atoms with Crippen LogP contribution in [0.25, 0.3) is 0 Å². The predicted octanol–water partition coefficient (Wildman–Crippen LogP) is -1.08. The molecule has 10 nitrogen and oxygen atoms in total. The van der Waals surface area contributed by atoms with Crippen LogP contribution < -0.4 is 20.8 Å². The quantitative estimate of drug-likeness (QED) is 0.401. The lowest BCUT2D eigenvalue weighted by molar-refractivity contribution is -0.145. The van der Waals surface area contributed by atoms with Crippen molar-refractivity contribution >= 4 is 29.7 Å². The largest absolute Gasteiger partial charge is 0.492 e. The van der Waals surface area contributed by atoms with E-state index in [1.165, 1.54) is 0 Å². The third kappa shape index (κ3) is 3.92. The molecule has 11 heteroatoms. The van der Waals surface area contributed by atoms with Crippen LogP contribution in [-0.4, -0.2) is 62.5 Å². The van der Waals surface area contributed by atoms with Crippen molar-refractivity contribution in [2.45, 2.75) is 30.2 Å². The van der Waals surface area contributed by atoms with E-state index >= 15 is 0 Å². The Hall–Kier alpha value is -2.56. The van der Waals surface area contributed by atoms with Crippen LogP contribution in [0.3, 0.4) is 0 Å². The fourth-order valence-electron chi connectivity index (χ4n) is 2.80. The van der Waals surface area contributed by atoms with Gasteiger partial charge in [-0.15, -0.1) is 4.73 Å². The lowest BCUT2D eigenvalue weighted by atomic mass is 10.0. The van der Waals surface area contributed by atoms with Gasteiger partial charge in [-0.3, -0.25) is 4.79 Å². The number of nitrogens with zero attached hydrogens (tertiary/aromatic N) is 1. The molecule has 3 atom stereocenters. The number of rotatable bonds is 6. The summed E-state index contributed by atoms with van der Waals surface area (Å²) in [5.41, 5.74) is 0. The first-order valence-corrected chi connectivity index (χ1v) is 8.75. The number of hydrogen-bond donors (Lipinski definition) is 5. The average molecular weight is 370 g/mol. The third-order valence-electron chi connectivity index (χ3n) is 4.01. The zero-order valence-corrected chi connectivity index (χ0v) is 13.9. The number of urea groups is 1. The first kappa shape index (κ1) is 17.3. The number of amides is 3. The maximum atomic E-state index is 11.9. The van der Waals surface area contributed by atoms with Gasteiger partial charge in [0, 0.05) is 29.6 Å². The molecule has 0 aromatic carbocycles. The summed E-state index contributed by atoms with van der Waals surface area (Å²) in [7, 11) is 0. The van der Waals surface area contributed by atoms with Crippen molar-refractivity contribution in [2.75, 3.05) is 12.3 Å². The maximum Gasteiger partial charge on any atom is 0.352 e. The van der Waals surface area contributed by atoms with E-state index < -0.39 is 24.3 Å². The maximum absolute atomic E-state index is 11.9. The van der Waals surface area contributed by atoms with E-state index in [4.69, 9.17) is 4.84 Å². The van der Waals surface area contributed by atoms with Crippen molar-refractivity contribution in [1.29, 1.82) is 0 Å². The highest BCUT2D eigenvalue weighted by Crippen LogP contribution is 2.32. The van der Waals surface area contributed by atoms with E-state index in [1.807, 2.05) is 0 Å². The fourth-order valence-corrected chi connectivity index (χ4v) is 4.30. The average Bonchev–Trinajstić information content (AvgIpc) is 3.21. The Morgan fingerprint density at radius 1 is 1.32 bits per heavy atom. The molecular weight excluding hydrogens is 352 g/mol. The minimum atomic E-state index is -0.835. The second-order valence-corrected chi connectivity index (χ2v) is 7.02. The Morgan fingerprint density at radius 3 is 2.76 bits per heavy atom. The highest BCUT2D eigenvalue weighted by molar-refractivity contribution is 8.00. The van der Waals surface area contributed by atoms with Crippen LogP contribution in [0.2, 0.25) is 0 Å². The third-order valence-corrected chi connectivity index (χ3v) is 5.52. The molecule has 3 heterocycles. The van der Waals surface area contributed by atoms with Gasteiger partial charge in [0.1, 0.15) is 6.54 Å². The second kappa shape index (κ2) is 7.13. The second-order valence-electron chi connectivity index (χ2n) is 5.74. The number of fused-ring (bicyclic) bond motifs is 1. The molecule has 0 radical (unpaired) electrons. The molecule has 1 aromatic heterocycles. The number of carbonyl (C=O) groups excluding carboxylic acids is 3. The van der Waals surface area contributed by atoms with Gasteiger partial charge in [-0.2, -0.15) is 11.8 Å². The van der Waals surface area contributed by atoms with Crippen molar-refractivity contribution in [1.82, 2.24) is 20.7 Å². The molecular formula is C14H18N4O6S. The minimum Gasteiger partial charge on any atom is -0.492 e. The van der Waals surface area contributed by atoms with Crippen LogP contribution in [0.4, 0.5) is 4.79 Å². The highest BCUT2D eigenvalue weighted by atomic mass is 32.2. The summed E-state index contributed by atoms with van der Waals surface area (Å²) in [4.78, 5) is 39.5. The molecule has 1 aromatic rings. The summed E-state index contributed by atoms with van der Waals surface area (Å²) in [6, 6.07) is 2.26. The van der Waals surface area contributed by atoms with Crippen molar-refractivity contribution in [3.05, 3.63) is 12.1 Å². The standard InChI is InChI=1S/C14H18N4O6S/c19-9(2-1-8-13-7(6-25-8)16-14(23)17-13)15-5-12(22)24-18-10(20)3-4-11(18)21/h3-4,7-8,13,20-21H,1-2,5-6H2,(H,15,19)(H2,16,17,23)/t7-,8-,13-/m0/s1. The molecule has 0 aliphatic carbocycles. The number of hydrogen-bond acceptors (Lipinski definition) is 7. The Morgan fingerprint density at radius 2 is 2.04 bits per heavy atom. The van der Waals surface area contributed by atoms with E-state index in [1.54, 1.807) is 11.8 Å². The number of nitrogens with one attached hydrogen (secondary N) is 3. The van der Waals surface area contributed by atoms with Gasteiger partial charge in [0.05, 0.1) is 12.1 Å². The molecule has 2 aliphatic rings. The predicted molar refractivity (Wildman–Crippen MR) is 87.1 cm³/mol. The molecule has 136 valence electrons. The molecule has 0 saturated carbocycles. The fraction of sp³-hybridized carbons (Fsp3) is 0.500. The molecule has 0 spiro atoms. The van der Waals surface area contributed by atoms with Crippen molar-refractivity contribution < 1.29 is 29.4 Å². The van der Waals surface area contributed by atoms with E-state index in [9.17, 15) is 24.6 Å². The van der Waals surface area contributed by atoms with Gasteiger partial charge < -0.3 is 31.0 Å². The SMILES string of the molecule is O=C(CC[C@@H]1SC[C@@H]2NC(=O)N[C@@H]21)NCC(=O)On1c(O)ccc1O. The van der Waals surface area contributed by atoms with E-state index in [0.717, 1.165) is 17.9 Å². The van der Waals surface area contributed by atoms with Gasteiger partial charge in [-0.05, 0) is 6.42 Å². The van der Waals surface area contributed by atoms with Crippen molar-refractivity contribution in [2.24, 2.45) is 0 Å². The van der Waals surface area contributed by atoms with Crippen LogP contribution in [0.1, 0.15) is 12.8 Å². The first-order chi connectivity index (χ1) is 11.9. The Kier molecular flexibility index (Phi) is 4.93. The summed E-state index contributed by atoms with van der Waals surface area (Å²) in [5, 5.41) is 27.0. The summed E-state index contributed by atoms with van der Waals surface area (Å²) >= 11 is 1.70. The summed E-state index contributed by atoms with van der Waals surface area (Å²) in [6.45, 7) is -0.391. The van der Waals surface area contributed by atoms with Crippen LogP contribution in [-0.2, 0) is 9.59 Å². The number of aromatic nitrogens is 1. The molecule has 2 aliphatic heterocycles. The smallest absolute Gasteiger partial charge is 0.352 e. The monoisotopic (exact) mass is 370 g/mol. The zero-order valence-electron chi connectivity index (χ0n) is 13.1. The molecule has 3 amide bonds. The minimum absolute atomic E-state index is 0.0231. The molecule has 25 heavy (non-hydrogen) atoms. The Balaban J connectivity index is 1.38. The molecule has 5 N–H and O–H groups in total. The number of thioether (sulfide) groups is 1. The van der Waals surface area contributed by atoms with Gasteiger partial charge in [0.25, 0.3) is 0 Å². The van der Waals surface area contributed by atoms with Gasteiger partial charge in [-0.25, -0.2) is 9.59 Å². The first-order valence-electron chi connectivity index (χ1n) is 7.70. The van der Waals surface area contributed by atoms with Gasteiger partial charge in [0.15, 0.2) is 0 Å². The molecule has 0 bridgehead atoms. The van der Waals surface area contributed by atoms with Crippen molar-refractivity contribution in [3.63, 3.8) is 0 Å². The summed E-state index contributed by atoms with van der Waals surface area (Å²) in [5.74, 6) is -1.21. The highest BCUT2D eigenvalue weighted by Gasteiger charge is 2.42. The van der Waals surface area contributed by atoms with Crippen LogP contribution in [0.5, 0.6) is 11.8 Å². The molecule has 0 unspecified atom stereocenters. The van der Waals surface area contributed by atoms with Gasteiger partial charge in [0.2, 0.25) is 17.7 Å². The zero-order chi connectivity index (χ0) is 18.0. The van der Waals surface area contributed by atoms with Crippen LogP contribution in [0.15, 0.2) is 12.1 Å². The summed E-state index contributed by atoms with van der Waals surface area (Å²) in [6.07, 6.45) is 0.790. The topological polar surface area (TPSA) is 142 Å². The van der Waals surface area contributed by atoms with Crippen molar-refractivity contribution in [3.8, 4) is 11.8 Å². The van der Waals surface area contributed by atoms with Gasteiger partial charge in [-0.1, -0.05) is 0 Å². The summed E-state index contributed by atoms with van der Waals surface area (Å²) < 4.78 is 0.555. The Bertz CT molecular complexity index is 673. The Labute approximate surface area is 146 Å². The normalized spacial score (nSPS) is 24.3. The lowest BCUT2D eigenvalue weighted by Crippen LogP contribution is -2.38. The number of carbonyl (C=O) groups is 3. The van der Waals surface area contributed by atoms with E-state index in [2.05, 4.69) is 16.0 Å². The van der Waals surface area contributed by atoms with Crippen LogP contribution >= 0.6 is 11.8 Å². The van der Waals surface area contributed by atoms with Gasteiger partial charge >= 0.3 is 12.0 Å². The molecule has 3 rings (SSSR count). The van der Waals surface area contributed by atoms with E-state index in [-0.39, 0.29) is 35.7 Å². The number of aromatic hydroxyl groups is 2. The van der Waals surface area contributed by atoms with E-state index in [0.29, 0.717) is 11.2 Å². The molecule has 2 saturated heterocycles. The lowest BCUT2D eigenvalue weighted by Gasteiger charge is -2.16.